The Morgan fingerprint density at radius 2 is 1.44 bits per heavy atom. The fraction of sp³-hybridized carbons (Fsp3) is 0.0833. The Morgan fingerprint density at radius 3 is 2.09 bits per heavy atom. The molecule has 0 aliphatic rings. The number of hydrogen-bond donors (Lipinski definition) is 1. The van der Waals surface area contributed by atoms with Gasteiger partial charge in [-0.3, -0.25) is 10.1 Å². The van der Waals surface area contributed by atoms with E-state index in [4.69, 9.17) is 0 Å². The number of nitrogens with zero attached hydrogens (tertiary/aromatic N) is 2. The van der Waals surface area contributed by atoms with E-state index in [1.54, 1.807) is 48.6 Å². The van der Waals surface area contributed by atoms with E-state index < -0.39 is 5.97 Å². The quantitative estimate of drug-likeness (QED) is 0.0974. The van der Waals surface area contributed by atoms with Crippen LogP contribution in [0.25, 0.3) is 23.3 Å². The molecule has 0 aliphatic heterocycles. The lowest BCUT2D eigenvalue weighted by Gasteiger charge is -2.25. The first-order valence-electron chi connectivity index (χ1n) is 13.8. The number of carboxylic acid groups (broad SMARTS) is 1. The molecule has 1 N–H and O–H groups in total. The van der Waals surface area contributed by atoms with Crippen LogP contribution >= 0.6 is 0 Å². The van der Waals surface area contributed by atoms with Crippen molar-refractivity contribution in [3.8, 4) is 11.1 Å². The van der Waals surface area contributed by atoms with Crippen LogP contribution in [0.4, 0.5) is 15.8 Å². The normalized spacial score (nSPS) is 11.0. The van der Waals surface area contributed by atoms with Gasteiger partial charge in [0.2, 0.25) is 0 Å². The molecule has 43 heavy (non-hydrogen) atoms. The van der Waals surface area contributed by atoms with Gasteiger partial charge in [0.15, 0.2) is 0 Å². The van der Waals surface area contributed by atoms with Crippen molar-refractivity contribution in [2.45, 2.75) is 13.0 Å². The standard InChI is InChI=1S/C36H29FN2O4/c37-32-17-14-29(15-18-32)30-16-19-33(36(40)41)31(24-30)13-11-27-12-20-34(35(23-27)39(42)43)38(25-28-9-5-2-6-10-28)22-21-26-7-3-1-4-8-26/h1-20,23-24H,21-22,25H2,(H,40,41)/b13-11+. The van der Waals surface area contributed by atoms with Crippen LogP contribution in [0.5, 0.6) is 0 Å². The number of carbonyl (C=O) groups is 1. The molecule has 0 aliphatic carbocycles. The van der Waals surface area contributed by atoms with Crippen LogP contribution in [0.2, 0.25) is 0 Å². The number of hydrogen-bond acceptors (Lipinski definition) is 4. The molecular formula is C36H29FN2O4. The average molecular weight is 573 g/mol. The zero-order chi connectivity index (χ0) is 30.2. The van der Waals surface area contributed by atoms with Crippen LogP contribution < -0.4 is 4.90 Å². The Morgan fingerprint density at radius 1 is 0.791 bits per heavy atom. The van der Waals surface area contributed by atoms with E-state index >= 15 is 0 Å². The number of aromatic carboxylic acids is 1. The first-order valence-corrected chi connectivity index (χ1v) is 13.8. The van der Waals surface area contributed by atoms with Crippen LogP contribution in [-0.2, 0) is 13.0 Å². The lowest BCUT2D eigenvalue weighted by Crippen LogP contribution is -2.26. The summed E-state index contributed by atoms with van der Waals surface area (Å²) in [6.45, 7) is 1.08. The highest BCUT2D eigenvalue weighted by Gasteiger charge is 2.20. The minimum absolute atomic E-state index is 0.0373. The van der Waals surface area contributed by atoms with E-state index in [1.807, 2.05) is 65.6 Å². The number of rotatable bonds is 11. The number of nitro benzene ring substituents is 1. The second-order valence-corrected chi connectivity index (χ2v) is 10.1. The van der Waals surface area contributed by atoms with Crippen LogP contribution in [0.1, 0.15) is 32.6 Å². The predicted octanol–water partition coefficient (Wildman–Crippen LogP) is 8.52. The molecule has 6 nitrogen and oxygen atoms in total. The number of anilines is 1. The molecule has 5 aromatic carbocycles. The first kappa shape index (κ1) is 29.0. The maximum Gasteiger partial charge on any atom is 0.336 e. The van der Waals surface area contributed by atoms with Gasteiger partial charge in [0.05, 0.1) is 10.5 Å². The van der Waals surface area contributed by atoms with Gasteiger partial charge >= 0.3 is 5.97 Å². The highest BCUT2D eigenvalue weighted by Crippen LogP contribution is 2.32. The molecule has 0 amide bonds. The van der Waals surface area contributed by atoms with Gasteiger partial charge in [-0.15, -0.1) is 0 Å². The third-order valence-electron chi connectivity index (χ3n) is 7.18. The number of carboxylic acids is 1. The van der Waals surface area contributed by atoms with Crippen LogP contribution in [0.3, 0.4) is 0 Å². The summed E-state index contributed by atoms with van der Waals surface area (Å²) in [6, 6.07) is 35.7. The largest absolute Gasteiger partial charge is 0.478 e. The van der Waals surface area contributed by atoms with Crippen molar-refractivity contribution >= 4 is 29.5 Å². The number of benzene rings is 5. The molecule has 214 valence electrons. The third-order valence-corrected chi connectivity index (χ3v) is 7.18. The van der Waals surface area contributed by atoms with Gasteiger partial charge in [-0.25, -0.2) is 9.18 Å². The molecule has 0 unspecified atom stereocenters. The molecule has 0 aromatic heterocycles. The van der Waals surface area contributed by atoms with Crippen molar-refractivity contribution in [3.63, 3.8) is 0 Å². The lowest BCUT2D eigenvalue weighted by molar-refractivity contribution is -0.384. The Labute approximate surface area is 249 Å². The number of halogens is 1. The molecule has 0 saturated heterocycles. The zero-order valence-electron chi connectivity index (χ0n) is 23.3. The van der Waals surface area contributed by atoms with Crippen LogP contribution in [0, 0.1) is 15.9 Å². The van der Waals surface area contributed by atoms with E-state index in [-0.39, 0.29) is 22.0 Å². The van der Waals surface area contributed by atoms with Crippen LogP contribution in [0.15, 0.2) is 121 Å². The topological polar surface area (TPSA) is 83.7 Å². The molecule has 5 rings (SSSR count). The summed E-state index contributed by atoms with van der Waals surface area (Å²) >= 11 is 0. The Hall–Kier alpha value is -5.56. The van der Waals surface area contributed by atoms with E-state index in [1.165, 1.54) is 24.3 Å². The molecule has 0 spiro atoms. The van der Waals surface area contributed by atoms with Gasteiger partial charge in [0, 0.05) is 19.2 Å². The van der Waals surface area contributed by atoms with E-state index in [2.05, 4.69) is 0 Å². The van der Waals surface area contributed by atoms with Gasteiger partial charge < -0.3 is 10.0 Å². The van der Waals surface area contributed by atoms with Gasteiger partial charge in [-0.2, -0.15) is 0 Å². The molecule has 0 heterocycles. The summed E-state index contributed by atoms with van der Waals surface area (Å²) in [4.78, 5) is 25.9. The zero-order valence-corrected chi connectivity index (χ0v) is 23.3. The van der Waals surface area contributed by atoms with Gasteiger partial charge in [0.1, 0.15) is 11.5 Å². The maximum atomic E-state index is 13.4. The summed E-state index contributed by atoms with van der Waals surface area (Å²) in [5, 5.41) is 22.0. The van der Waals surface area contributed by atoms with Crippen molar-refractivity contribution in [3.05, 3.63) is 165 Å². The molecule has 0 fully saturated rings. The highest BCUT2D eigenvalue weighted by molar-refractivity contribution is 5.94. The minimum atomic E-state index is -1.10. The van der Waals surface area contributed by atoms with Gasteiger partial charge in [-0.1, -0.05) is 97.1 Å². The van der Waals surface area contributed by atoms with Gasteiger partial charge in [0.25, 0.3) is 5.69 Å². The number of nitro groups is 1. The summed E-state index contributed by atoms with van der Waals surface area (Å²) in [5.74, 6) is -1.46. The molecule has 0 atom stereocenters. The Balaban J connectivity index is 1.47. The van der Waals surface area contributed by atoms with Crippen molar-refractivity contribution < 1.29 is 19.2 Å². The van der Waals surface area contributed by atoms with Gasteiger partial charge in [-0.05, 0) is 70.1 Å². The molecule has 0 saturated carbocycles. The molecule has 5 aromatic rings. The average Bonchev–Trinajstić information content (AvgIpc) is 3.03. The van der Waals surface area contributed by atoms with Crippen LogP contribution in [-0.4, -0.2) is 22.5 Å². The second-order valence-electron chi connectivity index (χ2n) is 10.1. The van der Waals surface area contributed by atoms with Crippen molar-refractivity contribution in [1.29, 1.82) is 0 Å². The van der Waals surface area contributed by atoms with E-state index in [0.717, 1.165) is 28.7 Å². The monoisotopic (exact) mass is 572 g/mol. The summed E-state index contributed by atoms with van der Waals surface area (Å²) < 4.78 is 13.4. The summed E-state index contributed by atoms with van der Waals surface area (Å²) in [5.41, 5.74) is 5.18. The Kier molecular flexibility index (Phi) is 9.02. The fourth-order valence-corrected chi connectivity index (χ4v) is 4.96. The molecular weight excluding hydrogens is 543 g/mol. The van der Waals surface area contributed by atoms with Crippen molar-refractivity contribution in [2.24, 2.45) is 0 Å². The predicted molar refractivity (Wildman–Crippen MR) is 168 cm³/mol. The molecule has 0 bridgehead atoms. The SMILES string of the molecule is O=C(O)c1ccc(-c2ccc(F)cc2)cc1/C=C/c1ccc(N(CCc2ccccc2)Cc2ccccc2)c([N+](=O)[O-])c1. The highest BCUT2D eigenvalue weighted by atomic mass is 19.1. The fourth-order valence-electron chi connectivity index (χ4n) is 4.96. The van der Waals surface area contributed by atoms with E-state index in [0.29, 0.717) is 29.9 Å². The smallest absolute Gasteiger partial charge is 0.336 e. The van der Waals surface area contributed by atoms with Crippen molar-refractivity contribution in [2.75, 3.05) is 11.4 Å². The summed E-state index contributed by atoms with van der Waals surface area (Å²) in [7, 11) is 0. The molecule has 7 heteroatoms. The first-order chi connectivity index (χ1) is 20.9. The Bertz CT molecular complexity index is 1750. The van der Waals surface area contributed by atoms with Crippen molar-refractivity contribution in [1.82, 2.24) is 0 Å². The van der Waals surface area contributed by atoms with E-state index in [9.17, 15) is 24.4 Å². The lowest BCUT2D eigenvalue weighted by atomic mass is 9.98. The minimum Gasteiger partial charge on any atom is -0.478 e. The third kappa shape index (κ3) is 7.40. The summed E-state index contributed by atoms with van der Waals surface area (Å²) in [6.07, 6.45) is 4.01. The maximum absolute atomic E-state index is 13.4. The molecule has 0 radical (unpaired) electrons. The second kappa shape index (κ2) is 13.4.